The fraction of sp³-hybridized carbons (Fsp3) is 0.538. The van der Waals surface area contributed by atoms with Gasteiger partial charge in [-0.2, -0.15) is 0 Å². The zero-order chi connectivity index (χ0) is 22.5. The third-order valence-corrected chi connectivity index (χ3v) is 8.28. The van der Waals surface area contributed by atoms with Crippen molar-refractivity contribution in [3.05, 3.63) is 69.7 Å². The first-order chi connectivity index (χ1) is 15.4. The normalized spacial score (nSPS) is 31.8. The average molecular weight is 459 g/mol. The van der Waals surface area contributed by atoms with Gasteiger partial charge < -0.3 is 25.2 Å². The molecule has 0 aromatic heterocycles. The minimum absolute atomic E-state index is 0.448. The summed E-state index contributed by atoms with van der Waals surface area (Å²) < 4.78 is 5.70. The van der Waals surface area contributed by atoms with Crippen LogP contribution in [0.3, 0.4) is 0 Å². The summed E-state index contributed by atoms with van der Waals surface area (Å²) in [6, 6.07) is 14.2. The molecule has 32 heavy (non-hydrogen) atoms. The van der Waals surface area contributed by atoms with Crippen LogP contribution < -0.4 is 0 Å². The highest BCUT2D eigenvalue weighted by Crippen LogP contribution is 2.61. The lowest BCUT2D eigenvalue weighted by Crippen LogP contribution is -2.55. The summed E-state index contributed by atoms with van der Waals surface area (Å²) in [6.45, 7) is -0.448. The van der Waals surface area contributed by atoms with Gasteiger partial charge in [-0.25, -0.2) is 0 Å². The van der Waals surface area contributed by atoms with Crippen LogP contribution >= 0.6 is 11.6 Å². The number of aliphatic hydroxyl groups is 4. The molecule has 5 atom stereocenters. The number of aliphatic hydroxyl groups excluding tert-OH is 4. The molecule has 5 rings (SSSR count). The quantitative estimate of drug-likeness (QED) is 0.550. The maximum atomic E-state index is 10.4. The van der Waals surface area contributed by atoms with Gasteiger partial charge in [0.2, 0.25) is 0 Å². The molecule has 2 saturated carbocycles. The van der Waals surface area contributed by atoms with E-state index in [-0.39, 0.29) is 0 Å². The van der Waals surface area contributed by atoms with E-state index in [1.54, 1.807) is 12.1 Å². The summed E-state index contributed by atoms with van der Waals surface area (Å²) in [4.78, 5) is 0. The molecule has 0 bridgehead atoms. The van der Waals surface area contributed by atoms with Crippen LogP contribution in [0.15, 0.2) is 42.5 Å². The summed E-state index contributed by atoms with van der Waals surface area (Å²) in [7, 11) is 0. The van der Waals surface area contributed by atoms with Crippen LogP contribution in [0.5, 0.6) is 0 Å². The molecule has 2 aliphatic carbocycles. The highest BCUT2D eigenvalue weighted by molar-refractivity contribution is 6.31. The molecule has 1 spiro atoms. The highest BCUT2D eigenvalue weighted by atomic mass is 35.5. The van der Waals surface area contributed by atoms with Gasteiger partial charge in [0.05, 0.1) is 6.61 Å². The molecule has 3 fully saturated rings. The first-order valence-electron chi connectivity index (χ1n) is 11.6. The van der Waals surface area contributed by atoms with Gasteiger partial charge in [0, 0.05) is 5.02 Å². The zero-order valence-electron chi connectivity index (χ0n) is 18.0. The summed E-state index contributed by atoms with van der Waals surface area (Å²) in [5, 5.41) is 40.7. The molecule has 1 aliphatic heterocycles. The minimum atomic E-state index is -1.40. The third-order valence-electron chi connectivity index (χ3n) is 7.91. The van der Waals surface area contributed by atoms with Gasteiger partial charge in [0.15, 0.2) is 0 Å². The Kier molecular flexibility index (Phi) is 6.08. The molecule has 2 aromatic rings. The molecule has 1 heterocycles. The molecular weight excluding hydrogens is 428 g/mol. The number of halogens is 1. The zero-order valence-corrected chi connectivity index (χ0v) is 18.8. The van der Waals surface area contributed by atoms with E-state index in [0.717, 1.165) is 11.1 Å². The van der Waals surface area contributed by atoms with Crippen molar-refractivity contribution in [1.29, 1.82) is 0 Å². The van der Waals surface area contributed by atoms with Crippen molar-refractivity contribution in [1.82, 2.24) is 0 Å². The Hall–Kier alpha value is -1.47. The Morgan fingerprint density at radius 1 is 0.906 bits per heavy atom. The average Bonchev–Trinajstić information content (AvgIpc) is 2.73. The van der Waals surface area contributed by atoms with Crippen LogP contribution in [-0.4, -0.2) is 51.4 Å². The fourth-order valence-electron chi connectivity index (χ4n) is 5.72. The second-order valence-electron chi connectivity index (χ2n) is 9.98. The van der Waals surface area contributed by atoms with Crippen molar-refractivity contribution in [2.24, 2.45) is 5.41 Å². The van der Waals surface area contributed by atoms with Crippen molar-refractivity contribution in [2.45, 2.75) is 75.0 Å². The Morgan fingerprint density at radius 3 is 2.22 bits per heavy atom. The smallest absolute Gasteiger partial charge is 0.113 e. The molecule has 0 amide bonds. The Labute approximate surface area is 193 Å². The predicted octanol–water partition coefficient (Wildman–Crippen LogP) is 3.49. The lowest BCUT2D eigenvalue weighted by Gasteiger charge is -2.54. The molecule has 0 radical (unpaired) electrons. The first kappa shape index (κ1) is 22.3. The van der Waals surface area contributed by atoms with E-state index >= 15 is 0 Å². The van der Waals surface area contributed by atoms with E-state index in [1.165, 1.54) is 37.7 Å². The van der Waals surface area contributed by atoms with Gasteiger partial charge in [0.1, 0.15) is 30.5 Å². The van der Waals surface area contributed by atoms with E-state index in [4.69, 9.17) is 16.3 Å². The van der Waals surface area contributed by atoms with Gasteiger partial charge in [-0.05, 0) is 71.8 Å². The maximum Gasteiger partial charge on any atom is 0.113 e. The SMILES string of the molecule is OC[C@H]1O[C@@H](c2ccc(Cl)c(Cc3ccc(C4CC5(CCC5)C4)cc3)c2)[C@H](O)[C@@H](O)[C@@H]1O. The lowest BCUT2D eigenvalue weighted by molar-refractivity contribution is -0.231. The van der Waals surface area contributed by atoms with Crippen molar-refractivity contribution in [3.63, 3.8) is 0 Å². The van der Waals surface area contributed by atoms with Crippen LogP contribution in [-0.2, 0) is 11.2 Å². The third kappa shape index (κ3) is 4.00. The molecule has 5 nitrogen and oxygen atoms in total. The van der Waals surface area contributed by atoms with Crippen LogP contribution in [0.1, 0.15) is 66.4 Å². The van der Waals surface area contributed by atoms with E-state index in [1.807, 2.05) is 6.07 Å². The molecule has 2 aromatic carbocycles. The van der Waals surface area contributed by atoms with E-state index < -0.39 is 37.1 Å². The summed E-state index contributed by atoms with van der Waals surface area (Å²) in [5.74, 6) is 0.697. The first-order valence-corrected chi connectivity index (χ1v) is 11.9. The highest BCUT2D eigenvalue weighted by Gasteiger charge is 2.48. The Balaban J connectivity index is 1.30. The summed E-state index contributed by atoms with van der Waals surface area (Å²) in [6.07, 6.45) is 1.65. The summed E-state index contributed by atoms with van der Waals surface area (Å²) in [5.41, 5.74) is 4.79. The minimum Gasteiger partial charge on any atom is -0.394 e. The molecule has 3 aliphatic rings. The number of hydrogen-bond acceptors (Lipinski definition) is 5. The van der Waals surface area contributed by atoms with Gasteiger partial charge in [0.25, 0.3) is 0 Å². The monoisotopic (exact) mass is 458 g/mol. The van der Waals surface area contributed by atoms with E-state index in [9.17, 15) is 20.4 Å². The van der Waals surface area contributed by atoms with Crippen LogP contribution in [0, 0.1) is 5.41 Å². The number of ether oxygens (including phenoxy) is 1. The van der Waals surface area contributed by atoms with Crippen molar-refractivity contribution in [2.75, 3.05) is 6.61 Å². The summed E-state index contributed by atoms with van der Waals surface area (Å²) >= 11 is 6.46. The molecule has 4 N–H and O–H groups in total. The Bertz CT molecular complexity index is 947. The Morgan fingerprint density at radius 2 is 1.59 bits per heavy atom. The van der Waals surface area contributed by atoms with Crippen LogP contribution in [0.25, 0.3) is 0 Å². The van der Waals surface area contributed by atoms with Crippen molar-refractivity contribution in [3.8, 4) is 0 Å². The standard InChI is InChI=1S/C26H31ClO5/c27-20-7-6-17(25-24(31)23(30)22(29)21(14-28)32-25)11-18(20)10-15-2-4-16(5-3-15)19-12-26(13-19)8-1-9-26/h2-7,11,19,21-25,28-31H,1,8-10,12-14H2/t21-,22-,23+,24-,25+/m1/s1. The molecule has 0 unspecified atom stereocenters. The predicted molar refractivity (Wildman–Crippen MR) is 122 cm³/mol. The van der Waals surface area contributed by atoms with Crippen molar-refractivity contribution < 1.29 is 25.2 Å². The second kappa shape index (κ2) is 8.71. The van der Waals surface area contributed by atoms with Gasteiger partial charge in [-0.1, -0.05) is 54.4 Å². The fourth-order valence-corrected chi connectivity index (χ4v) is 5.90. The molecule has 6 heteroatoms. The molecule has 1 saturated heterocycles. The molecule has 172 valence electrons. The largest absolute Gasteiger partial charge is 0.394 e. The number of benzene rings is 2. The van der Waals surface area contributed by atoms with Crippen LogP contribution in [0.2, 0.25) is 5.02 Å². The van der Waals surface area contributed by atoms with E-state index in [0.29, 0.717) is 28.3 Å². The van der Waals surface area contributed by atoms with Gasteiger partial charge in [-0.3, -0.25) is 0 Å². The second-order valence-corrected chi connectivity index (χ2v) is 10.4. The van der Waals surface area contributed by atoms with Gasteiger partial charge >= 0.3 is 0 Å². The van der Waals surface area contributed by atoms with E-state index in [2.05, 4.69) is 24.3 Å². The van der Waals surface area contributed by atoms with Crippen LogP contribution in [0.4, 0.5) is 0 Å². The number of hydrogen-bond donors (Lipinski definition) is 4. The maximum absolute atomic E-state index is 10.4. The van der Waals surface area contributed by atoms with Crippen molar-refractivity contribution >= 4 is 11.6 Å². The lowest BCUT2D eigenvalue weighted by atomic mass is 9.51. The topological polar surface area (TPSA) is 90.2 Å². The number of rotatable bonds is 5. The molecular formula is C26H31ClO5. The van der Waals surface area contributed by atoms with Gasteiger partial charge in [-0.15, -0.1) is 0 Å².